The minimum Gasteiger partial charge on any atom is -0.504 e. The standard InChI is InChI=1S/C19H21NO3/c1-2-10-20-12-18-14-8-9-16(21)19(22)15(14)11-17(23-18)13-6-4-3-5-7-13/h2-9,17-18,20-22H,1,10-12H2/t17-,18-/m0/s1. The number of aromatic hydroxyl groups is 2. The summed E-state index contributed by atoms with van der Waals surface area (Å²) in [6, 6.07) is 13.3. The van der Waals surface area contributed by atoms with Crippen molar-refractivity contribution >= 4 is 0 Å². The topological polar surface area (TPSA) is 61.7 Å². The number of phenols is 2. The molecule has 3 rings (SSSR count). The first kappa shape index (κ1) is 15.6. The van der Waals surface area contributed by atoms with Crippen LogP contribution in [-0.2, 0) is 11.2 Å². The van der Waals surface area contributed by atoms with Gasteiger partial charge in [-0.15, -0.1) is 6.58 Å². The first-order valence-electron chi connectivity index (χ1n) is 7.76. The number of benzene rings is 2. The van der Waals surface area contributed by atoms with Crippen molar-refractivity contribution in [3.05, 3.63) is 71.8 Å². The van der Waals surface area contributed by atoms with Gasteiger partial charge in [0.05, 0.1) is 12.2 Å². The van der Waals surface area contributed by atoms with Crippen LogP contribution in [0, 0.1) is 0 Å². The Balaban J connectivity index is 1.94. The number of fused-ring (bicyclic) bond motifs is 1. The number of hydrogen-bond donors (Lipinski definition) is 3. The third-order valence-electron chi connectivity index (χ3n) is 4.15. The Morgan fingerprint density at radius 1 is 1.17 bits per heavy atom. The van der Waals surface area contributed by atoms with Crippen molar-refractivity contribution in [2.75, 3.05) is 13.1 Å². The molecule has 120 valence electrons. The van der Waals surface area contributed by atoms with E-state index in [0.29, 0.717) is 19.5 Å². The summed E-state index contributed by atoms with van der Waals surface area (Å²) in [5.41, 5.74) is 2.74. The van der Waals surface area contributed by atoms with Gasteiger partial charge in [0.2, 0.25) is 0 Å². The van der Waals surface area contributed by atoms with Crippen molar-refractivity contribution in [3.8, 4) is 11.5 Å². The Morgan fingerprint density at radius 3 is 2.70 bits per heavy atom. The predicted octanol–water partition coefficient (Wildman–Crippen LogP) is 3.23. The van der Waals surface area contributed by atoms with Gasteiger partial charge in [-0.2, -0.15) is 0 Å². The van der Waals surface area contributed by atoms with Crippen molar-refractivity contribution in [2.45, 2.75) is 18.6 Å². The summed E-state index contributed by atoms with van der Waals surface area (Å²) >= 11 is 0. The van der Waals surface area contributed by atoms with Crippen LogP contribution < -0.4 is 5.32 Å². The number of rotatable bonds is 5. The van der Waals surface area contributed by atoms with Crippen LogP contribution in [0.1, 0.15) is 28.9 Å². The molecule has 2 atom stereocenters. The van der Waals surface area contributed by atoms with E-state index in [0.717, 1.165) is 16.7 Å². The molecule has 1 heterocycles. The van der Waals surface area contributed by atoms with Gasteiger partial charge in [-0.05, 0) is 17.2 Å². The summed E-state index contributed by atoms with van der Waals surface area (Å²) in [4.78, 5) is 0. The molecule has 1 aliphatic rings. The van der Waals surface area contributed by atoms with Gasteiger partial charge in [-0.3, -0.25) is 0 Å². The van der Waals surface area contributed by atoms with E-state index in [2.05, 4.69) is 11.9 Å². The van der Waals surface area contributed by atoms with E-state index in [9.17, 15) is 10.2 Å². The summed E-state index contributed by atoms with van der Waals surface area (Å²) in [5.74, 6) is -0.129. The van der Waals surface area contributed by atoms with Gasteiger partial charge in [0.25, 0.3) is 0 Å². The van der Waals surface area contributed by atoms with Gasteiger partial charge >= 0.3 is 0 Å². The van der Waals surface area contributed by atoms with Gasteiger partial charge in [-0.25, -0.2) is 0 Å². The molecule has 0 fully saturated rings. The van der Waals surface area contributed by atoms with Crippen LogP contribution in [0.4, 0.5) is 0 Å². The first-order valence-corrected chi connectivity index (χ1v) is 7.76. The average molecular weight is 311 g/mol. The van der Waals surface area contributed by atoms with Gasteiger partial charge in [-0.1, -0.05) is 42.5 Å². The lowest BCUT2D eigenvalue weighted by Gasteiger charge is -2.33. The van der Waals surface area contributed by atoms with Gasteiger partial charge < -0.3 is 20.3 Å². The van der Waals surface area contributed by atoms with Crippen molar-refractivity contribution in [1.82, 2.24) is 5.32 Å². The Labute approximate surface area is 136 Å². The van der Waals surface area contributed by atoms with Crippen molar-refractivity contribution in [2.24, 2.45) is 0 Å². The number of hydrogen-bond acceptors (Lipinski definition) is 4. The molecular weight excluding hydrogens is 290 g/mol. The lowest BCUT2D eigenvalue weighted by atomic mass is 9.90. The molecule has 0 aromatic heterocycles. The van der Waals surface area contributed by atoms with Crippen LogP contribution in [-0.4, -0.2) is 23.3 Å². The molecule has 0 spiro atoms. The minimum atomic E-state index is -0.185. The zero-order chi connectivity index (χ0) is 16.2. The molecule has 0 aliphatic carbocycles. The van der Waals surface area contributed by atoms with Crippen molar-refractivity contribution in [3.63, 3.8) is 0 Å². The van der Waals surface area contributed by atoms with Crippen LogP contribution >= 0.6 is 0 Å². The third-order valence-corrected chi connectivity index (χ3v) is 4.15. The molecule has 1 aliphatic heterocycles. The number of ether oxygens (including phenoxy) is 1. The maximum absolute atomic E-state index is 10.3. The van der Waals surface area contributed by atoms with E-state index in [4.69, 9.17) is 4.74 Å². The predicted molar refractivity (Wildman–Crippen MR) is 89.6 cm³/mol. The Kier molecular flexibility index (Phi) is 4.65. The summed E-state index contributed by atoms with van der Waals surface area (Å²) in [6.07, 6.45) is 2.01. The maximum atomic E-state index is 10.3. The van der Waals surface area contributed by atoms with Crippen LogP contribution in [0.3, 0.4) is 0 Å². The highest BCUT2D eigenvalue weighted by Crippen LogP contribution is 2.43. The second kappa shape index (κ2) is 6.86. The van der Waals surface area contributed by atoms with Gasteiger partial charge in [0, 0.05) is 25.1 Å². The number of nitrogens with one attached hydrogen (secondary N) is 1. The summed E-state index contributed by atoms with van der Waals surface area (Å²) in [6.45, 7) is 5.01. The van der Waals surface area contributed by atoms with Crippen molar-refractivity contribution in [1.29, 1.82) is 0 Å². The van der Waals surface area contributed by atoms with Gasteiger partial charge in [0.1, 0.15) is 0 Å². The smallest absolute Gasteiger partial charge is 0.161 e. The fourth-order valence-corrected chi connectivity index (χ4v) is 3.00. The lowest BCUT2D eigenvalue weighted by molar-refractivity contribution is -0.0268. The molecule has 0 bridgehead atoms. The molecular formula is C19H21NO3. The molecule has 3 N–H and O–H groups in total. The fraction of sp³-hybridized carbons (Fsp3) is 0.263. The van der Waals surface area contributed by atoms with Gasteiger partial charge in [0.15, 0.2) is 11.5 Å². The molecule has 0 amide bonds. The highest BCUT2D eigenvalue weighted by Gasteiger charge is 2.31. The SMILES string of the molecule is C=CCNC[C@@H]1O[C@H](c2ccccc2)Cc2c1ccc(O)c2O. The van der Waals surface area contributed by atoms with E-state index in [1.807, 2.05) is 36.4 Å². The molecule has 23 heavy (non-hydrogen) atoms. The quantitative estimate of drug-likeness (QED) is 0.451. The molecule has 0 saturated heterocycles. The third kappa shape index (κ3) is 3.23. The highest BCUT2D eigenvalue weighted by molar-refractivity contribution is 5.51. The largest absolute Gasteiger partial charge is 0.504 e. The van der Waals surface area contributed by atoms with E-state index >= 15 is 0 Å². The van der Waals surface area contributed by atoms with Crippen LogP contribution in [0.25, 0.3) is 0 Å². The molecule has 0 saturated carbocycles. The maximum Gasteiger partial charge on any atom is 0.161 e. The van der Waals surface area contributed by atoms with Crippen molar-refractivity contribution < 1.29 is 14.9 Å². The fourth-order valence-electron chi connectivity index (χ4n) is 3.00. The lowest BCUT2D eigenvalue weighted by Crippen LogP contribution is -2.29. The molecule has 0 unspecified atom stereocenters. The van der Waals surface area contributed by atoms with E-state index in [1.165, 1.54) is 6.07 Å². The molecule has 2 aromatic carbocycles. The minimum absolute atomic E-state index is 0.0412. The van der Waals surface area contributed by atoms with Crippen LogP contribution in [0.15, 0.2) is 55.1 Å². The average Bonchev–Trinajstić information content (AvgIpc) is 2.59. The van der Waals surface area contributed by atoms with E-state index in [1.54, 1.807) is 6.08 Å². The highest BCUT2D eigenvalue weighted by atomic mass is 16.5. The Morgan fingerprint density at radius 2 is 1.96 bits per heavy atom. The number of phenolic OH excluding ortho intramolecular Hbond substituents is 2. The van der Waals surface area contributed by atoms with Crippen LogP contribution in [0.5, 0.6) is 11.5 Å². The molecule has 4 nitrogen and oxygen atoms in total. The summed E-state index contributed by atoms with van der Waals surface area (Å²) in [7, 11) is 0. The second-order valence-electron chi connectivity index (χ2n) is 5.68. The Bertz CT molecular complexity index is 685. The molecule has 2 aromatic rings. The molecule has 0 radical (unpaired) electrons. The normalized spacial score (nSPS) is 20.0. The van der Waals surface area contributed by atoms with E-state index in [-0.39, 0.29) is 23.7 Å². The zero-order valence-electron chi connectivity index (χ0n) is 12.9. The summed E-state index contributed by atoms with van der Waals surface area (Å²) in [5, 5.41) is 23.3. The second-order valence-corrected chi connectivity index (χ2v) is 5.68. The zero-order valence-corrected chi connectivity index (χ0v) is 12.9. The van der Waals surface area contributed by atoms with Crippen LogP contribution in [0.2, 0.25) is 0 Å². The first-order chi connectivity index (χ1) is 11.2. The summed E-state index contributed by atoms with van der Waals surface area (Å²) < 4.78 is 6.25. The Hall–Kier alpha value is -2.30. The molecule has 4 heteroatoms. The van der Waals surface area contributed by atoms with E-state index < -0.39 is 0 Å². The monoisotopic (exact) mass is 311 g/mol.